The molecule has 1 aromatic carbocycles. The zero-order chi connectivity index (χ0) is 22.2. The standard InChI is InChI=1S/C25H33N3O3/c1-25(2,3)31-24(30)27-21(13-19-15-28(4)22-8-6-5-7-20(19)22)23(29)26-14-18-12-16-9-10-17(18)11-16/h5-10,15-18,21H,11-14H2,1-4H3,(H,26,29)(H,27,30)/t16?,17?,18?,21-/m1/s1. The van der Waals surface area contributed by atoms with Gasteiger partial charge < -0.3 is 19.9 Å². The second-order valence-corrected chi connectivity index (χ2v) is 9.97. The second-order valence-electron chi connectivity index (χ2n) is 9.97. The van der Waals surface area contributed by atoms with Crippen molar-refractivity contribution >= 4 is 22.9 Å². The molecule has 1 heterocycles. The van der Waals surface area contributed by atoms with E-state index in [4.69, 9.17) is 4.74 Å². The molecule has 2 N–H and O–H groups in total. The van der Waals surface area contributed by atoms with Crippen molar-refractivity contribution in [2.75, 3.05) is 6.54 Å². The Morgan fingerprint density at radius 3 is 2.65 bits per heavy atom. The Morgan fingerprint density at radius 2 is 1.97 bits per heavy atom. The molecule has 6 nitrogen and oxygen atoms in total. The summed E-state index contributed by atoms with van der Waals surface area (Å²) in [6.45, 7) is 6.09. The summed E-state index contributed by atoms with van der Waals surface area (Å²) >= 11 is 0. The number of hydrogen-bond acceptors (Lipinski definition) is 3. The van der Waals surface area contributed by atoms with Crippen molar-refractivity contribution in [3.8, 4) is 0 Å². The van der Waals surface area contributed by atoms with Crippen LogP contribution in [0.25, 0.3) is 10.9 Å². The number of benzene rings is 1. The molecule has 1 saturated carbocycles. The molecular weight excluding hydrogens is 390 g/mol. The zero-order valence-corrected chi connectivity index (χ0v) is 18.9. The van der Waals surface area contributed by atoms with Crippen molar-refractivity contribution in [3.05, 3.63) is 48.2 Å². The third-order valence-corrected chi connectivity index (χ3v) is 6.37. The van der Waals surface area contributed by atoms with Gasteiger partial charge in [0.25, 0.3) is 0 Å². The van der Waals surface area contributed by atoms with Gasteiger partial charge in [-0.3, -0.25) is 4.79 Å². The maximum atomic E-state index is 13.1. The molecule has 2 bridgehead atoms. The summed E-state index contributed by atoms with van der Waals surface area (Å²) in [7, 11) is 1.99. The van der Waals surface area contributed by atoms with E-state index in [9.17, 15) is 9.59 Å². The molecule has 1 fully saturated rings. The smallest absolute Gasteiger partial charge is 0.408 e. The van der Waals surface area contributed by atoms with Crippen LogP contribution in [0.3, 0.4) is 0 Å². The highest BCUT2D eigenvalue weighted by Crippen LogP contribution is 2.42. The lowest BCUT2D eigenvalue weighted by Crippen LogP contribution is -2.50. The van der Waals surface area contributed by atoms with Crippen LogP contribution in [0.15, 0.2) is 42.6 Å². The van der Waals surface area contributed by atoms with E-state index < -0.39 is 17.7 Å². The number of nitrogens with zero attached hydrogens (tertiary/aromatic N) is 1. The number of carbonyl (C=O) groups is 2. The Balaban J connectivity index is 1.48. The number of rotatable bonds is 6. The zero-order valence-electron chi connectivity index (χ0n) is 18.9. The van der Waals surface area contributed by atoms with Gasteiger partial charge in [-0.25, -0.2) is 4.79 Å². The van der Waals surface area contributed by atoms with Crippen LogP contribution in [0.5, 0.6) is 0 Å². The maximum absolute atomic E-state index is 13.1. The number of aromatic nitrogens is 1. The fourth-order valence-electron chi connectivity index (χ4n) is 4.95. The summed E-state index contributed by atoms with van der Waals surface area (Å²) in [6, 6.07) is 7.39. The lowest BCUT2D eigenvalue weighted by Gasteiger charge is -2.24. The van der Waals surface area contributed by atoms with E-state index in [1.807, 2.05) is 46.1 Å². The van der Waals surface area contributed by atoms with Crippen molar-refractivity contribution in [3.63, 3.8) is 0 Å². The van der Waals surface area contributed by atoms with Crippen LogP contribution in [-0.2, 0) is 23.0 Å². The molecule has 0 saturated heterocycles. The number of hydrogen-bond donors (Lipinski definition) is 2. The molecule has 6 heteroatoms. The minimum atomic E-state index is -0.699. The topological polar surface area (TPSA) is 72.4 Å². The fraction of sp³-hybridized carbons (Fsp3) is 0.520. The molecular formula is C25H33N3O3. The largest absolute Gasteiger partial charge is 0.444 e. The van der Waals surface area contributed by atoms with Crippen molar-refractivity contribution in [2.24, 2.45) is 24.8 Å². The summed E-state index contributed by atoms with van der Waals surface area (Å²) in [5.74, 6) is 1.56. The lowest BCUT2D eigenvalue weighted by atomic mass is 9.93. The van der Waals surface area contributed by atoms with Crippen molar-refractivity contribution < 1.29 is 14.3 Å². The van der Waals surface area contributed by atoms with Gasteiger partial charge in [0.1, 0.15) is 11.6 Å². The predicted molar refractivity (Wildman–Crippen MR) is 122 cm³/mol. The Labute approximate surface area is 184 Å². The van der Waals surface area contributed by atoms with E-state index in [-0.39, 0.29) is 5.91 Å². The van der Waals surface area contributed by atoms with Gasteiger partial charge in [-0.2, -0.15) is 0 Å². The number of alkyl carbamates (subject to hydrolysis) is 1. The Kier molecular flexibility index (Phi) is 5.82. The summed E-state index contributed by atoms with van der Waals surface area (Å²) in [5.41, 5.74) is 1.50. The van der Waals surface area contributed by atoms with E-state index in [0.29, 0.717) is 30.7 Å². The molecule has 166 valence electrons. The molecule has 2 aliphatic rings. The van der Waals surface area contributed by atoms with Gasteiger partial charge in [-0.05, 0) is 63.0 Å². The normalized spacial score (nSPS) is 23.2. The van der Waals surface area contributed by atoms with Crippen LogP contribution in [-0.4, -0.2) is 34.8 Å². The molecule has 0 aliphatic heterocycles. The van der Waals surface area contributed by atoms with Gasteiger partial charge in [-0.1, -0.05) is 30.4 Å². The van der Waals surface area contributed by atoms with Crippen LogP contribution in [0.1, 0.15) is 39.2 Å². The number of amides is 2. The molecule has 2 amide bonds. The number of allylic oxidation sites excluding steroid dienone is 2. The number of aryl methyl sites for hydroxylation is 1. The molecule has 2 aromatic rings. The number of ether oxygens (including phenoxy) is 1. The third kappa shape index (κ3) is 4.94. The van der Waals surface area contributed by atoms with Crippen LogP contribution in [0.4, 0.5) is 4.79 Å². The van der Waals surface area contributed by atoms with Crippen molar-refractivity contribution in [2.45, 2.75) is 51.7 Å². The maximum Gasteiger partial charge on any atom is 0.408 e. The van der Waals surface area contributed by atoms with Gasteiger partial charge in [0, 0.05) is 37.1 Å². The van der Waals surface area contributed by atoms with Gasteiger partial charge in [0.2, 0.25) is 5.91 Å². The first-order valence-corrected chi connectivity index (χ1v) is 11.2. The van der Waals surface area contributed by atoms with E-state index >= 15 is 0 Å². The number of nitrogens with one attached hydrogen (secondary N) is 2. The Morgan fingerprint density at radius 1 is 1.19 bits per heavy atom. The average molecular weight is 424 g/mol. The van der Waals surface area contributed by atoms with Crippen LogP contribution in [0, 0.1) is 17.8 Å². The SMILES string of the molecule is Cn1cc(C[C@@H](NC(=O)OC(C)(C)C)C(=O)NCC2CC3C=CC2C3)c2ccccc21. The van der Waals surface area contributed by atoms with Crippen LogP contribution >= 0.6 is 0 Å². The molecule has 0 radical (unpaired) electrons. The summed E-state index contributed by atoms with van der Waals surface area (Å²) in [4.78, 5) is 25.6. The molecule has 2 aliphatic carbocycles. The summed E-state index contributed by atoms with van der Waals surface area (Å²) < 4.78 is 7.47. The van der Waals surface area contributed by atoms with E-state index in [1.165, 1.54) is 6.42 Å². The molecule has 3 unspecified atom stereocenters. The highest BCUT2D eigenvalue weighted by molar-refractivity contribution is 5.88. The minimum absolute atomic E-state index is 0.162. The quantitative estimate of drug-likeness (QED) is 0.691. The Bertz CT molecular complexity index is 1000. The summed E-state index contributed by atoms with van der Waals surface area (Å²) in [6.07, 6.45) is 8.79. The number of para-hydroxylation sites is 1. The lowest BCUT2D eigenvalue weighted by molar-refractivity contribution is -0.123. The molecule has 4 rings (SSSR count). The molecule has 0 spiro atoms. The third-order valence-electron chi connectivity index (χ3n) is 6.37. The van der Waals surface area contributed by atoms with Gasteiger partial charge >= 0.3 is 6.09 Å². The average Bonchev–Trinajstić information content (AvgIpc) is 3.40. The first kappa shape index (κ1) is 21.5. The minimum Gasteiger partial charge on any atom is -0.444 e. The van der Waals surface area contributed by atoms with E-state index in [0.717, 1.165) is 22.9 Å². The van der Waals surface area contributed by atoms with E-state index in [1.54, 1.807) is 0 Å². The number of carbonyl (C=O) groups excluding carboxylic acids is 2. The molecule has 31 heavy (non-hydrogen) atoms. The van der Waals surface area contributed by atoms with Crippen LogP contribution in [0.2, 0.25) is 0 Å². The van der Waals surface area contributed by atoms with Gasteiger partial charge in [0.05, 0.1) is 0 Å². The highest BCUT2D eigenvalue weighted by Gasteiger charge is 2.36. The fourth-order valence-corrected chi connectivity index (χ4v) is 4.95. The molecule has 4 atom stereocenters. The predicted octanol–water partition coefficient (Wildman–Crippen LogP) is 3.94. The Hall–Kier alpha value is -2.76. The van der Waals surface area contributed by atoms with E-state index in [2.05, 4.69) is 39.5 Å². The van der Waals surface area contributed by atoms with Crippen LogP contribution < -0.4 is 10.6 Å². The number of fused-ring (bicyclic) bond motifs is 3. The summed E-state index contributed by atoms with van der Waals surface area (Å²) in [5, 5.41) is 7.00. The van der Waals surface area contributed by atoms with Gasteiger partial charge in [0.15, 0.2) is 0 Å². The highest BCUT2D eigenvalue weighted by atomic mass is 16.6. The molecule has 1 aromatic heterocycles. The van der Waals surface area contributed by atoms with Crippen molar-refractivity contribution in [1.82, 2.24) is 15.2 Å². The van der Waals surface area contributed by atoms with Crippen molar-refractivity contribution in [1.29, 1.82) is 0 Å². The second kappa shape index (κ2) is 8.40. The first-order valence-electron chi connectivity index (χ1n) is 11.2. The van der Waals surface area contributed by atoms with Gasteiger partial charge in [-0.15, -0.1) is 0 Å². The monoisotopic (exact) mass is 423 g/mol. The first-order chi connectivity index (χ1) is 14.7.